The third-order valence-electron chi connectivity index (χ3n) is 3.60. The molecule has 1 aromatic heterocycles. The maximum atomic E-state index is 11.8. The zero-order valence-electron chi connectivity index (χ0n) is 11.1. The van der Waals surface area contributed by atoms with Crippen molar-refractivity contribution in [1.82, 2.24) is 10.3 Å². The summed E-state index contributed by atoms with van der Waals surface area (Å²) in [7, 11) is 0. The van der Waals surface area contributed by atoms with Gasteiger partial charge in [-0.1, -0.05) is 18.2 Å². The van der Waals surface area contributed by atoms with Gasteiger partial charge in [-0.15, -0.1) is 0 Å². The molecule has 0 saturated carbocycles. The van der Waals surface area contributed by atoms with E-state index in [0.717, 1.165) is 10.9 Å². The van der Waals surface area contributed by atoms with Crippen LogP contribution in [0.1, 0.15) is 12.5 Å². The number of amides is 1. The summed E-state index contributed by atoms with van der Waals surface area (Å²) in [6.45, 7) is 3.06. The van der Waals surface area contributed by atoms with Gasteiger partial charge in [0.05, 0.1) is 11.1 Å². The van der Waals surface area contributed by atoms with Crippen LogP contribution >= 0.6 is 0 Å². The van der Waals surface area contributed by atoms with Crippen molar-refractivity contribution in [2.45, 2.75) is 13.0 Å². The Labute approximate surface area is 116 Å². The first-order valence-corrected chi connectivity index (χ1v) is 6.55. The standard InChI is InChI=1S/C15H14N4O/c1-10-15(20)17-6-7-19(10)14-12(9-16)8-11-4-2-3-5-13(11)18-14/h2-5,8,10H,6-7H2,1H3,(H,17,20). The van der Waals surface area contributed by atoms with Crippen molar-refractivity contribution >= 4 is 22.6 Å². The summed E-state index contributed by atoms with van der Waals surface area (Å²) in [4.78, 5) is 18.2. The maximum absolute atomic E-state index is 11.8. The van der Waals surface area contributed by atoms with Crippen LogP contribution in [0.15, 0.2) is 30.3 Å². The van der Waals surface area contributed by atoms with Crippen LogP contribution in [0.2, 0.25) is 0 Å². The molecule has 2 aromatic rings. The average Bonchev–Trinajstić information content (AvgIpc) is 2.48. The molecular formula is C15H14N4O. The van der Waals surface area contributed by atoms with Gasteiger partial charge in [0.25, 0.3) is 0 Å². The largest absolute Gasteiger partial charge is 0.353 e. The second-order valence-electron chi connectivity index (χ2n) is 4.82. The van der Waals surface area contributed by atoms with E-state index >= 15 is 0 Å². The van der Waals surface area contributed by atoms with Gasteiger partial charge in [-0.25, -0.2) is 4.98 Å². The highest BCUT2D eigenvalue weighted by atomic mass is 16.2. The molecule has 5 heteroatoms. The van der Waals surface area contributed by atoms with Crippen LogP contribution in [0.3, 0.4) is 0 Å². The fraction of sp³-hybridized carbons (Fsp3) is 0.267. The Bertz CT molecular complexity index is 719. The molecule has 1 aliphatic heterocycles. The lowest BCUT2D eigenvalue weighted by molar-refractivity contribution is -0.122. The molecule has 0 bridgehead atoms. The number of hydrogen-bond acceptors (Lipinski definition) is 4. The van der Waals surface area contributed by atoms with Crippen molar-refractivity contribution in [2.75, 3.05) is 18.0 Å². The van der Waals surface area contributed by atoms with Crippen LogP contribution in [-0.2, 0) is 4.79 Å². The highest BCUT2D eigenvalue weighted by Gasteiger charge is 2.28. The van der Waals surface area contributed by atoms with Crippen LogP contribution in [0.4, 0.5) is 5.82 Å². The Morgan fingerprint density at radius 2 is 2.25 bits per heavy atom. The van der Waals surface area contributed by atoms with E-state index in [-0.39, 0.29) is 11.9 Å². The van der Waals surface area contributed by atoms with Gasteiger partial charge in [-0.3, -0.25) is 4.79 Å². The number of anilines is 1. The number of aromatic nitrogens is 1. The van der Waals surface area contributed by atoms with E-state index in [0.29, 0.717) is 24.5 Å². The van der Waals surface area contributed by atoms with Crippen LogP contribution in [-0.4, -0.2) is 30.0 Å². The van der Waals surface area contributed by atoms with Crippen molar-refractivity contribution in [1.29, 1.82) is 5.26 Å². The molecule has 1 fully saturated rings. The van der Waals surface area contributed by atoms with E-state index in [2.05, 4.69) is 16.4 Å². The number of benzene rings is 1. The predicted octanol–water partition coefficient (Wildman–Crippen LogP) is 1.43. The number of carbonyl (C=O) groups is 1. The van der Waals surface area contributed by atoms with Crippen molar-refractivity contribution in [3.05, 3.63) is 35.9 Å². The number of hydrogen-bond donors (Lipinski definition) is 1. The second-order valence-corrected chi connectivity index (χ2v) is 4.82. The number of nitrogens with one attached hydrogen (secondary N) is 1. The van der Waals surface area contributed by atoms with Gasteiger partial charge in [0.1, 0.15) is 17.9 Å². The number of fused-ring (bicyclic) bond motifs is 1. The number of para-hydroxylation sites is 1. The van der Waals surface area contributed by atoms with Crippen LogP contribution in [0.25, 0.3) is 10.9 Å². The summed E-state index contributed by atoms with van der Waals surface area (Å²) >= 11 is 0. The van der Waals surface area contributed by atoms with E-state index in [1.54, 1.807) is 0 Å². The Morgan fingerprint density at radius 3 is 3.05 bits per heavy atom. The molecule has 100 valence electrons. The quantitative estimate of drug-likeness (QED) is 0.847. The van der Waals surface area contributed by atoms with Crippen molar-refractivity contribution in [2.24, 2.45) is 0 Å². The summed E-state index contributed by atoms with van der Waals surface area (Å²) in [5, 5.41) is 13.1. The van der Waals surface area contributed by atoms with Gasteiger partial charge >= 0.3 is 0 Å². The molecule has 1 atom stereocenters. The van der Waals surface area contributed by atoms with Crippen molar-refractivity contribution in [3.63, 3.8) is 0 Å². The normalized spacial score (nSPS) is 18.7. The van der Waals surface area contributed by atoms with Crippen LogP contribution in [0.5, 0.6) is 0 Å². The molecule has 3 rings (SSSR count). The number of carbonyl (C=O) groups excluding carboxylic acids is 1. The Hall–Kier alpha value is -2.61. The molecule has 1 aliphatic rings. The molecule has 0 spiro atoms. The lowest BCUT2D eigenvalue weighted by atomic mass is 10.1. The van der Waals surface area contributed by atoms with E-state index in [1.807, 2.05) is 42.2 Å². The third-order valence-corrected chi connectivity index (χ3v) is 3.60. The number of pyridine rings is 1. The monoisotopic (exact) mass is 266 g/mol. The zero-order valence-corrected chi connectivity index (χ0v) is 11.1. The van der Waals surface area contributed by atoms with Gasteiger partial charge in [-0.05, 0) is 19.1 Å². The predicted molar refractivity (Wildman–Crippen MR) is 76.3 cm³/mol. The van der Waals surface area contributed by atoms with E-state index in [1.165, 1.54) is 0 Å². The molecule has 1 aromatic carbocycles. The molecule has 20 heavy (non-hydrogen) atoms. The molecular weight excluding hydrogens is 252 g/mol. The lowest BCUT2D eigenvalue weighted by Crippen LogP contribution is -2.54. The lowest BCUT2D eigenvalue weighted by Gasteiger charge is -2.34. The summed E-state index contributed by atoms with van der Waals surface area (Å²) < 4.78 is 0. The Balaban J connectivity index is 2.14. The van der Waals surface area contributed by atoms with Crippen molar-refractivity contribution < 1.29 is 4.79 Å². The van der Waals surface area contributed by atoms with Crippen LogP contribution in [0, 0.1) is 11.3 Å². The summed E-state index contributed by atoms with van der Waals surface area (Å²) in [5.74, 6) is 0.559. The van der Waals surface area contributed by atoms with Gasteiger partial charge < -0.3 is 10.2 Å². The summed E-state index contributed by atoms with van der Waals surface area (Å²) in [5.41, 5.74) is 1.34. The summed E-state index contributed by atoms with van der Waals surface area (Å²) in [6.07, 6.45) is 0. The summed E-state index contributed by atoms with van der Waals surface area (Å²) in [6, 6.07) is 11.4. The van der Waals surface area contributed by atoms with E-state index in [9.17, 15) is 10.1 Å². The molecule has 2 heterocycles. The molecule has 1 amide bonds. The number of nitriles is 1. The fourth-order valence-corrected chi connectivity index (χ4v) is 2.48. The minimum atomic E-state index is -0.315. The molecule has 0 aliphatic carbocycles. The zero-order chi connectivity index (χ0) is 14.1. The first-order valence-electron chi connectivity index (χ1n) is 6.55. The minimum absolute atomic E-state index is 0.0323. The van der Waals surface area contributed by atoms with Gasteiger partial charge in [-0.2, -0.15) is 5.26 Å². The number of nitrogens with zero attached hydrogens (tertiary/aromatic N) is 3. The molecule has 5 nitrogen and oxygen atoms in total. The van der Waals surface area contributed by atoms with Gasteiger partial charge in [0.2, 0.25) is 5.91 Å². The second kappa shape index (κ2) is 4.82. The van der Waals surface area contributed by atoms with Gasteiger partial charge in [0, 0.05) is 18.5 Å². The SMILES string of the molecule is CC1C(=O)NCCN1c1nc2ccccc2cc1C#N. The van der Waals surface area contributed by atoms with Gasteiger partial charge in [0.15, 0.2) is 0 Å². The molecule has 1 N–H and O–H groups in total. The van der Waals surface area contributed by atoms with E-state index < -0.39 is 0 Å². The molecule has 1 saturated heterocycles. The molecule has 0 radical (unpaired) electrons. The van der Waals surface area contributed by atoms with Crippen molar-refractivity contribution in [3.8, 4) is 6.07 Å². The molecule has 1 unspecified atom stereocenters. The topological polar surface area (TPSA) is 69.0 Å². The number of piperazine rings is 1. The minimum Gasteiger partial charge on any atom is -0.353 e. The van der Waals surface area contributed by atoms with Crippen LogP contribution < -0.4 is 10.2 Å². The Kier molecular flexibility index (Phi) is 2.99. The number of rotatable bonds is 1. The average molecular weight is 266 g/mol. The maximum Gasteiger partial charge on any atom is 0.242 e. The first-order chi connectivity index (χ1) is 9.70. The highest BCUT2D eigenvalue weighted by molar-refractivity contribution is 5.88. The van der Waals surface area contributed by atoms with E-state index in [4.69, 9.17) is 0 Å². The third kappa shape index (κ3) is 1.95. The fourth-order valence-electron chi connectivity index (χ4n) is 2.48. The smallest absolute Gasteiger partial charge is 0.242 e. The Morgan fingerprint density at radius 1 is 1.45 bits per heavy atom. The first kappa shape index (κ1) is 12.4. The highest BCUT2D eigenvalue weighted by Crippen LogP contribution is 2.25.